The molecule has 0 fully saturated rings. The zero-order chi connectivity index (χ0) is 10.3. The lowest BCUT2D eigenvalue weighted by Gasteiger charge is -2.32. The molecule has 1 aromatic carbocycles. The van der Waals surface area contributed by atoms with Crippen LogP contribution in [-0.4, -0.2) is 25.0 Å². The van der Waals surface area contributed by atoms with Crippen LogP contribution in [0.2, 0.25) is 0 Å². The lowest BCUT2D eigenvalue weighted by Crippen LogP contribution is -2.42. The molecular weight excluding hydrogens is 244 g/mol. The van der Waals surface area contributed by atoms with E-state index in [0.29, 0.717) is 6.54 Å². The second-order valence-corrected chi connectivity index (χ2v) is 4.39. The van der Waals surface area contributed by atoms with Gasteiger partial charge >= 0.3 is 6.03 Å². The molecule has 1 heterocycles. The Balaban J connectivity index is 2.51. The fourth-order valence-corrected chi connectivity index (χ4v) is 2.01. The summed E-state index contributed by atoms with van der Waals surface area (Å²) < 4.78 is 1.00. The molecule has 0 saturated carbocycles. The number of fused-ring (bicyclic) bond motifs is 1. The number of nitrogens with zero attached hydrogens (tertiary/aromatic N) is 2. The first-order valence-electron chi connectivity index (χ1n) is 4.37. The van der Waals surface area contributed by atoms with E-state index in [1.165, 1.54) is 5.56 Å². The Morgan fingerprint density at radius 2 is 2.07 bits per heavy atom. The summed E-state index contributed by atoms with van der Waals surface area (Å²) >= 11 is 3.40. The Labute approximate surface area is 91.4 Å². The van der Waals surface area contributed by atoms with Crippen molar-refractivity contribution in [2.45, 2.75) is 6.54 Å². The quantitative estimate of drug-likeness (QED) is 0.698. The number of hydrogen-bond acceptors (Lipinski definition) is 1. The van der Waals surface area contributed by atoms with Gasteiger partial charge in [-0.25, -0.2) is 4.79 Å². The number of benzene rings is 1. The number of urea groups is 1. The second-order valence-electron chi connectivity index (χ2n) is 3.47. The van der Waals surface area contributed by atoms with E-state index in [1.54, 1.807) is 16.8 Å². The van der Waals surface area contributed by atoms with E-state index in [4.69, 9.17) is 0 Å². The van der Waals surface area contributed by atoms with Crippen molar-refractivity contribution in [1.29, 1.82) is 0 Å². The van der Waals surface area contributed by atoms with Crippen LogP contribution >= 0.6 is 15.9 Å². The summed E-state index contributed by atoms with van der Waals surface area (Å²) in [5.41, 5.74) is 2.17. The second kappa shape index (κ2) is 3.28. The van der Waals surface area contributed by atoms with Crippen LogP contribution in [-0.2, 0) is 6.54 Å². The molecule has 0 aliphatic carbocycles. The Morgan fingerprint density at radius 1 is 1.36 bits per heavy atom. The molecule has 0 radical (unpaired) electrons. The van der Waals surface area contributed by atoms with Crippen molar-refractivity contribution in [2.75, 3.05) is 19.0 Å². The molecule has 1 aromatic rings. The van der Waals surface area contributed by atoms with Gasteiger partial charge in [0.25, 0.3) is 0 Å². The van der Waals surface area contributed by atoms with Gasteiger partial charge < -0.3 is 4.90 Å². The third-order valence-electron chi connectivity index (χ3n) is 2.43. The first-order chi connectivity index (χ1) is 6.59. The minimum absolute atomic E-state index is 0.0376. The Morgan fingerprint density at radius 3 is 2.79 bits per heavy atom. The maximum absolute atomic E-state index is 11.6. The van der Waals surface area contributed by atoms with Crippen LogP contribution < -0.4 is 4.90 Å². The van der Waals surface area contributed by atoms with Gasteiger partial charge in [0.05, 0.1) is 5.69 Å². The summed E-state index contributed by atoms with van der Waals surface area (Å²) in [6.45, 7) is 0.686. The van der Waals surface area contributed by atoms with Crippen LogP contribution in [0.4, 0.5) is 10.5 Å². The molecule has 3 nitrogen and oxygen atoms in total. The zero-order valence-corrected chi connectivity index (χ0v) is 9.71. The van der Waals surface area contributed by atoms with Crippen LogP contribution in [0.1, 0.15) is 5.56 Å². The van der Waals surface area contributed by atoms with Crippen LogP contribution in [0.3, 0.4) is 0 Å². The molecule has 0 unspecified atom stereocenters. The van der Waals surface area contributed by atoms with E-state index in [1.807, 2.05) is 25.2 Å². The topological polar surface area (TPSA) is 23.6 Å². The first-order valence-corrected chi connectivity index (χ1v) is 5.16. The molecule has 2 rings (SSSR count). The summed E-state index contributed by atoms with van der Waals surface area (Å²) in [4.78, 5) is 15.0. The molecule has 74 valence electrons. The van der Waals surface area contributed by atoms with Crippen LogP contribution in [0, 0.1) is 0 Å². The third-order valence-corrected chi connectivity index (χ3v) is 2.92. The molecule has 0 atom stereocenters. The predicted molar refractivity (Wildman–Crippen MR) is 59.4 cm³/mol. The monoisotopic (exact) mass is 254 g/mol. The number of amides is 2. The van der Waals surface area contributed by atoms with Crippen LogP contribution in [0.15, 0.2) is 22.7 Å². The van der Waals surface area contributed by atoms with E-state index in [9.17, 15) is 4.79 Å². The number of rotatable bonds is 0. The van der Waals surface area contributed by atoms with E-state index in [-0.39, 0.29) is 6.03 Å². The maximum Gasteiger partial charge on any atom is 0.324 e. The maximum atomic E-state index is 11.6. The highest BCUT2D eigenvalue weighted by molar-refractivity contribution is 9.10. The smallest absolute Gasteiger partial charge is 0.323 e. The van der Waals surface area contributed by atoms with Crippen molar-refractivity contribution in [2.24, 2.45) is 0 Å². The minimum atomic E-state index is 0.0376. The highest BCUT2D eigenvalue weighted by Crippen LogP contribution is 2.29. The SMILES string of the molecule is CN1Cc2ccc(Br)cc2N(C)C1=O. The number of hydrogen-bond donors (Lipinski definition) is 0. The molecule has 0 bridgehead atoms. The Hall–Kier alpha value is -1.03. The Kier molecular flexibility index (Phi) is 2.23. The molecule has 0 N–H and O–H groups in total. The summed E-state index contributed by atoms with van der Waals surface area (Å²) in [5.74, 6) is 0. The highest BCUT2D eigenvalue weighted by atomic mass is 79.9. The summed E-state index contributed by atoms with van der Waals surface area (Å²) in [6, 6.07) is 6.05. The molecule has 1 aliphatic heterocycles. The minimum Gasteiger partial charge on any atom is -0.323 e. The molecule has 0 saturated heterocycles. The average Bonchev–Trinajstić information content (AvgIpc) is 2.16. The van der Waals surface area contributed by atoms with Gasteiger partial charge in [0.2, 0.25) is 0 Å². The molecule has 0 spiro atoms. The Bertz CT molecular complexity index is 392. The largest absolute Gasteiger partial charge is 0.324 e. The number of carbonyl (C=O) groups is 1. The van der Waals surface area contributed by atoms with E-state index < -0.39 is 0 Å². The summed E-state index contributed by atoms with van der Waals surface area (Å²) in [5, 5.41) is 0. The molecule has 1 aliphatic rings. The molecule has 4 heteroatoms. The predicted octanol–water partition coefficient (Wildman–Crippen LogP) is 2.45. The van der Waals surface area contributed by atoms with Gasteiger partial charge in [-0.05, 0) is 17.7 Å². The summed E-state index contributed by atoms with van der Waals surface area (Å²) in [6.07, 6.45) is 0. The van der Waals surface area contributed by atoms with Crippen molar-refractivity contribution in [3.8, 4) is 0 Å². The van der Waals surface area contributed by atoms with Gasteiger partial charge in [0.1, 0.15) is 0 Å². The number of anilines is 1. The molecule has 14 heavy (non-hydrogen) atoms. The zero-order valence-electron chi connectivity index (χ0n) is 8.12. The van der Waals surface area contributed by atoms with Gasteiger partial charge in [-0.15, -0.1) is 0 Å². The molecule has 2 amide bonds. The average molecular weight is 255 g/mol. The number of halogens is 1. The van der Waals surface area contributed by atoms with Gasteiger partial charge in [-0.2, -0.15) is 0 Å². The van der Waals surface area contributed by atoms with E-state index >= 15 is 0 Å². The van der Waals surface area contributed by atoms with Crippen molar-refractivity contribution in [1.82, 2.24) is 4.90 Å². The van der Waals surface area contributed by atoms with Gasteiger partial charge in [-0.1, -0.05) is 22.0 Å². The van der Waals surface area contributed by atoms with Crippen molar-refractivity contribution < 1.29 is 4.79 Å². The lowest BCUT2D eigenvalue weighted by atomic mass is 10.1. The molecule has 0 aromatic heterocycles. The van der Waals surface area contributed by atoms with Crippen molar-refractivity contribution >= 4 is 27.6 Å². The van der Waals surface area contributed by atoms with Gasteiger partial charge in [-0.3, -0.25) is 4.90 Å². The van der Waals surface area contributed by atoms with Crippen molar-refractivity contribution in [3.63, 3.8) is 0 Å². The van der Waals surface area contributed by atoms with Crippen LogP contribution in [0.25, 0.3) is 0 Å². The molecular formula is C10H11BrN2O. The third kappa shape index (κ3) is 1.39. The number of carbonyl (C=O) groups excluding carboxylic acids is 1. The van der Waals surface area contributed by atoms with Gasteiger partial charge in [0, 0.05) is 25.1 Å². The van der Waals surface area contributed by atoms with Crippen LogP contribution in [0.5, 0.6) is 0 Å². The van der Waals surface area contributed by atoms with Crippen molar-refractivity contribution in [3.05, 3.63) is 28.2 Å². The van der Waals surface area contributed by atoms with Gasteiger partial charge in [0.15, 0.2) is 0 Å². The highest BCUT2D eigenvalue weighted by Gasteiger charge is 2.24. The lowest BCUT2D eigenvalue weighted by molar-refractivity contribution is 0.212. The summed E-state index contributed by atoms with van der Waals surface area (Å²) in [7, 11) is 3.60. The normalized spacial score (nSPS) is 15.8. The first kappa shape index (κ1) is 9.52. The fourth-order valence-electron chi connectivity index (χ4n) is 1.67. The van der Waals surface area contributed by atoms with E-state index in [0.717, 1.165) is 10.2 Å². The standard InChI is InChI=1S/C10H11BrN2O/c1-12-6-7-3-4-8(11)5-9(7)13(2)10(12)14/h3-5H,6H2,1-2H3. The van der Waals surface area contributed by atoms with E-state index in [2.05, 4.69) is 15.9 Å². The fraction of sp³-hybridized carbons (Fsp3) is 0.300.